The van der Waals surface area contributed by atoms with Gasteiger partial charge >= 0.3 is 5.97 Å². The fraction of sp³-hybridized carbons (Fsp3) is 0. The zero-order chi connectivity index (χ0) is 13.1. The van der Waals surface area contributed by atoms with Gasteiger partial charge in [-0.2, -0.15) is 0 Å². The van der Waals surface area contributed by atoms with Gasteiger partial charge in [0, 0.05) is 12.3 Å². The Morgan fingerprint density at radius 2 is 2.11 bits per heavy atom. The summed E-state index contributed by atoms with van der Waals surface area (Å²) in [5, 5.41) is 8.94. The highest BCUT2D eigenvalue weighted by molar-refractivity contribution is 9.10. The molecule has 0 aliphatic rings. The Hall–Kier alpha value is -1.95. The molecule has 1 N–H and O–H groups in total. The average molecular weight is 312 g/mol. The molecule has 0 unspecified atom stereocenters. The van der Waals surface area contributed by atoms with Crippen molar-refractivity contribution < 1.29 is 19.0 Å². The number of nitrogens with zero attached hydrogens (tertiary/aromatic N) is 1. The number of aromatic carboxylic acids is 1. The number of rotatable bonds is 3. The molecule has 2 rings (SSSR count). The zero-order valence-corrected chi connectivity index (χ0v) is 10.5. The number of carbonyl (C=O) groups is 1. The number of halogens is 2. The third-order valence-corrected chi connectivity index (χ3v) is 2.74. The molecule has 0 atom stereocenters. The Morgan fingerprint density at radius 1 is 1.33 bits per heavy atom. The van der Waals surface area contributed by atoms with Crippen molar-refractivity contribution in [3.63, 3.8) is 0 Å². The summed E-state index contributed by atoms with van der Waals surface area (Å²) in [4.78, 5) is 14.6. The predicted octanol–water partition coefficient (Wildman–Crippen LogP) is 3.47. The van der Waals surface area contributed by atoms with Gasteiger partial charge in [-0.25, -0.2) is 14.2 Å². The van der Waals surface area contributed by atoms with Crippen LogP contribution in [0.4, 0.5) is 4.39 Å². The number of carboxylic acid groups (broad SMARTS) is 1. The van der Waals surface area contributed by atoms with E-state index in [0.29, 0.717) is 4.47 Å². The van der Waals surface area contributed by atoms with Crippen LogP contribution >= 0.6 is 15.9 Å². The third kappa shape index (κ3) is 2.65. The van der Waals surface area contributed by atoms with Gasteiger partial charge in [0.1, 0.15) is 11.6 Å². The lowest BCUT2D eigenvalue weighted by atomic mass is 10.3. The SMILES string of the molecule is O=C(O)c1ncccc1Oc1cc(F)ccc1Br. The van der Waals surface area contributed by atoms with Crippen LogP contribution in [0.25, 0.3) is 0 Å². The van der Waals surface area contributed by atoms with Crippen LogP contribution < -0.4 is 4.74 Å². The Bertz CT molecular complexity index is 604. The van der Waals surface area contributed by atoms with E-state index in [1.807, 2.05) is 0 Å². The summed E-state index contributed by atoms with van der Waals surface area (Å²) in [6.45, 7) is 0. The number of hydrogen-bond acceptors (Lipinski definition) is 3. The minimum Gasteiger partial charge on any atom is -0.476 e. The molecule has 0 amide bonds. The lowest BCUT2D eigenvalue weighted by Gasteiger charge is -2.09. The maximum absolute atomic E-state index is 13.1. The summed E-state index contributed by atoms with van der Waals surface area (Å²) in [6, 6.07) is 6.88. The van der Waals surface area contributed by atoms with Crippen molar-refractivity contribution >= 4 is 21.9 Å². The molecule has 0 fully saturated rings. The summed E-state index contributed by atoms with van der Waals surface area (Å²) in [6.07, 6.45) is 1.34. The minimum absolute atomic E-state index is 0.0521. The van der Waals surface area contributed by atoms with Gasteiger partial charge < -0.3 is 9.84 Å². The van der Waals surface area contributed by atoms with E-state index in [0.717, 1.165) is 6.07 Å². The van der Waals surface area contributed by atoms with Crippen LogP contribution in [-0.4, -0.2) is 16.1 Å². The molecule has 0 bridgehead atoms. The lowest BCUT2D eigenvalue weighted by Crippen LogP contribution is -2.03. The van der Waals surface area contributed by atoms with Gasteiger partial charge in [-0.15, -0.1) is 0 Å². The normalized spacial score (nSPS) is 10.1. The van der Waals surface area contributed by atoms with E-state index in [1.54, 1.807) is 0 Å². The Kier molecular flexibility index (Phi) is 3.57. The highest BCUT2D eigenvalue weighted by Gasteiger charge is 2.14. The Balaban J connectivity index is 2.40. The van der Waals surface area contributed by atoms with Gasteiger partial charge in [0.25, 0.3) is 0 Å². The molecule has 18 heavy (non-hydrogen) atoms. The van der Waals surface area contributed by atoms with E-state index in [1.165, 1.54) is 30.5 Å². The van der Waals surface area contributed by atoms with E-state index < -0.39 is 11.8 Å². The number of pyridine rings is 1. The van der Waals surface area contributed by atoms with Crippen LogP contribution in [-0.2, 0) is 0 Å². The predicted molar refractivity (Wildman–Crippen MR) is 65.4 cm³/mol. The van der Waals surface area contributed by atoms with Crippen LogP contribution in [0.2, 0.25) is 0 Å². The van der Waals surface area contributed by atoms with Crippen LogP contribution in [0.3, 0.4) is 0 Å². The van der Waals surface area contributed by atoms with E-state index in [2.05, 4.69) is 20.9 Å². The molecule has 1 heterocycles. The number of benzene rings is 1. The standard InChI is InChI=1S/C12H7BrFNO3/c13-8-4-3-7(14)6-10(8)18-9-2-1-5-15-11(9)12(16)17/h1-6H,(H,16,17). The second-order valence-corrected chi connectivity index (χ2v) is 4.19. The fourth-order valence-corrected chi connectivity index (χ4v) is 1.63. The molecule has 2 aromatic rings. The monoisotopic (exact) mass is 311 g/mol. The van der Waals surface area contributed by atoms with Gasteiger partial charge in [0.05, 0.1) is 4.47 Å². The Labute approximate surface area is 110 Å². The highest BCUT2D eigenvalue weighted by Crippen LogP contribution is 2.31. The first-order chi connectivity index (χ1) is 8.58. The van der Waals surface area contributed by atoms with E-state index >= 15 is 0 Å². The van der Waals surface area contributed by atoms with E-state index in [9.17, 15) is 9.18 Å². The van der Waals surface area contributed by atoms with E-state index in [4.69, 9.17) is 9.84 Å². The topological polar surface area (TPSA) is 59.4 Å². The summed E-state index contributed by atoms with van der Waals surface area (Å²) >= 11 is 3.19. The minimum atomic E-state index is -1.21. The number of ether oxygens (including phenoxy) is 1. The van der Waals surface area contributed by atoms with Crippen molar-refractivity contribution in [1.82, 2.24) is 4.98 Å². The number of carboxylic acids is 1. The zero-order valence-electron chi connectivity index (χ0n) is 8.93. The molecule has 6 heteroatoms. The molecule has 0 aliphatic heterocycles. The quantitative estimate of drug-likeness (QED) is 0.943. The molecule has 0 saturated carbocycles. The fourth-order valence-electron chi connectivity index (χ4n) is 1.31. The van der Waals surface area contributed by atoms with Crippen molar-refractivity contribution in [3.8, 4) is 11.5 Å². The smallest absolute Gasteiger partial charge is 0.358 e. The molecular formula is C12H7BrFNO3. The molecule has 1 aromatic heterocycles. The molecule has 92 valence electrons. The third-order valence-electron chi connectivity index (χ3n) is 2.09. The molecule has 1 aromatic carbocycles. The summed E-state index contributed by atoms with van der Waals surface area (Å²) in [5.74, 6) is -1.45. The number of aromatic nitrogens is 1. The van der Waals surface area contributed by atoms with E-state index in [-0.39, 0.29) is 17.2 Å². The largest absolute Gasteiger partial charge is 0.476 e. The van der Waals surface area contributed by atoms with Gasteiger partial charge in [-0.3, -0.25) is 0 Å². The molecule has 0 saturated heterocycles. The summed E-state index contributed by atoms with van der Waals surface area (Å²) in [5.41, 5.74) is -0.228. The molecule has 0 spiro atoms. The molecular weight excluding hydrogens is 305 g/mol. The van der Waals surface area contributed by atoms with Crippen molar-refractivity contribution in [1.29, 1.82) is 0 Å². The average Bonchev–Trinajstić information content (AvgIpc) is 2.34. The van der Waals surface area contributed by atoms with Crippen molar-refractivity contribution in [2.75, 3.05) is 0 Å². The summed E-state index contributed by atoms with van der Waals surface area (Å²) < 4.78 is 18.9. The van der Waals surface area contributed by atoms with Gasteiger partial charge in [0.2, 0.25) is 0 Å². The first-order valence-corrected chi connectivity index (χ1v) is 5.68. The van der Waals surface area contributed by atoms with Crippen molar-refractivity contribution in [3.05, 3.63) is 52.5 Å². The van der Waals surface area contributed by atoms with Crippen LogP contribution in [0.5, 0.6) is 11.5 Å². The van der Waals surface area contributed by atoms with Gasteiger partial charge in [-0.05, 0) is 40.2 Å². The van der Waals surface area contributed by atoms with Crippen LogP contribution in [0.1, 0.15) is 10.5 Å². The highest BCUT2D eigenvalue weighted by atomic mass is 79.9. The summed E-state index contributed by atoms with van der Waals surface area (Å²) in [7, 11) is 0. The Morgan fingerprint density at radius 3 is 2.83 bits per heavy atom. The second kappa shape index (κ2) is 5.14. The van der Waals surface area contributed by atoms with Gasteiger partial charge in [0.15, 0.2) is 11.4 Å². The first kappa shape index (κ1) is 12.5. The molecule has 0 aliphatic carbocycles. The second-order valence-electron chi connectivity index (χ2n) is 3.33. The first-order valence-electron chi connectivity index (χ1n) is 4.89. The van der Waals surface area contributed by atoms with Gasteiger partial charge in [-0.1, -0.05) is 0 Å². The van der Waals surface area contributed by atoms with Crippen LogP contribution in [0, 0.1) is 5.82 Å². The number of hydrogen-bond donors (Lipinski definition) is 1. The maximum atomic E-state index is 13.1. The van der Waals surface area contributed by atoms with Crippen molar-refractivity contribution in [2.24, 2.45) is 0 Å². The molecule has 0 radical (unpaired) electrons. The maximum Gasteiger partial charge on any atom is 0.358 e. The van der Waals surface area contributed by atoms with Crippen molar-refractivity contribution in [2.45, 2.75) is 0 Å². The lowest BCUT2D eigenvalue weighted by molar-refractivity contribution is 0.0687. The molecule has 4 nitrogen and oxygen atoms in total. The van der Waals surface area contributed by atoms with Crippen LogP contribution in [0.15, 0.2) is 41.0 Å².